The van der Waals surface area contributed by atoms with E-state index in [0.717, 1.165) is 41.9 Å². The Kier molecular flexibility index (Phi) is 5.48. The first-order valence-electron chi connectivity index (χ1n) is 8.96. The third kappa shape index (κ3) is 4.41. The zero-order valence-corrected chi connectivity index (χ0v) is 16.2. The van der Waals surface area contributed by atoms with E-state index in [4.69, 9.17) is 4.42 Å². The summed E-state index contributed by atoms with van der Waals surface area (Å²) in [5, 5.41) is 3.62. The SMILES string of the molecule is Brc1ccc(-c2nc(CNC3CCN(Cc4ccccc4)C3)co2)cc1. The lowest BCUT2D eigenvalue weighted by molar-refractivity contribution is 0.319. The smallest absolute Gasteiger partial charge is 0.226 e. The number of nitrogens with one attached hydrogen (secondary N) is 1. The van der Waals surface area contributed by atoms with Crippen LogP contribution in [0.3, 0.4) is 0 Å². The normalized spacial score (nSPS) is 17.7. The second kappa shape index (κ2) is 8.16. The maximum absolute atomic E-state index is 5.63. The van der Waals surface area contributed by atoms with Gasteiger partial charge in [-0.15, -0.1) is 0 Å². The van der Waals surface area contributed by atoms with E-state index in [1.54, 1.807) is 6.26 Å². The minimum Gasteiger partial charge on any atom is -0.444 e. The van der Waals surface area contributed by atoms with Gasteiger partial charge in [-0.3, -0.25) is 4.90 Å². The molecule has 1 aliphatic heterocycles. The molecule has 1 atom stereocenters. The van der Waals surface area contributed by atoms with Crippen molar-refractivity contribution in [1.29, 1.82) is 0 Å². The van der Waals surface area contributed by atoms with E-state index in [-0.39, 0.29) is 0 Å². The lowest BCUT2D eigenvalue weighted by Gasteiger charge is -2.16. The number of rotatable bonds is 6. The number of hydrogen-bond donors (Lipinski definition) is 1. The number of likely N-dealkylation sites (tertiary alicyclic amines) is 1. The summed E-state index contributed by atoms with van der Waals surface area (Å²) in [6.45, 7) is 3.97. The van der Waals surface area contributed by atoms with Gasteiger partial charge in [0.2, 0.25) is 5.89 Å². The monoisotopic (exact) mass is 411 g/mol. The van der Waals surface area contributed by atoms with Gasteiger partial charge in [-0.05, 0) is 36.2 Å². The predicted octanol–water partition coefficient (Wildman–Crippen LogP) is 4.47. The van der Waals surface area contributed by atoms with E-state index in [0.29, 0.717) is 11.9 Å². The van der Waals surface area contributed by atoms with Crippen molar-refractivity contribution in [3.63, 3.8) is 0 Å². The summed E-state index contributed by atoms with van der Waals surface area (Å²) in [6, 6.07) is 19.2. The minimum atomic E-state index is 0.506. The van der Waals surface area contributed by atoms with Gasteiger partial charge < -0.3 is 9.73 Å². The Bertz CT molecular complexity index is 832. The van der Waals surface area contributed by atoms with E-state index in [2.05, 4.69) is 61.5 Å². The summed E-state index contributed by atoms with van der Waals surface area (Å²) in [5.74, 6) is 0.673. The fourth-order valence-corrected chi connectivity index (χ4v) is 3.61. The van der Waals surface area contributed by atoms with Crippen LogP contribution in [0.2, 0.25) is 0 Å². The zero-order chi connectivity index (χ0) is 17.8. The van der Waals surface area contributed by atoms with Crippen LogP contribution in [-0.4, -0.2) is 29.0 Å². The predicted molar refractivity (Wildman–Crippen MR) is 107 cm³/mol. The maximum Gasteiger partial charge on any atom is 0.226 e. The molecule has 3 aromatic rings. The van der Waals surface area contributed by atoms with Crippen molar-refractivity contribution in [2.24, 2.45) is 0 Å². The van der Waals surface area contributed by atoms with Crippen LogP contribution >= 0.6 is 15.9 Å². The quantitative estimate of drug-likeness (QED) is 0.649. The van der Waals surface area contributed by atoms with Gasteiger partial charge in [0.25, 0.3) is 0 Å². The van der Waals surface area contributed by atoms with Crippen molar-refractivity contribution in [1.82, 2.24) is 15.2 Å². The second-order valence-corrected chi connectivity index (χ2v) is 7.65. The molecule has 0 aliphatic carbocycles. The topological polar surface area (TPSA) is 41.3 Å². The second-order valence-electron chi connectivity index (χ2n) is 6.74. The molecule has 1 aliphatic rings. The highest BCUT2D eigenvalue weighted by Crippen LogP contribution is 2.21. The largest absolute Gasteiger partial charge is 0.444 e. The Morgan fingerprint density at radius 3 is 2.73 bits per heavy atom. The van der Waals surface area contributed by atoms with Gasteiger partial charge in [-0.25, -0.2) is 4.98 Å². The average molecular weight is 412 g/mol. The molecule has 1 saturated heterocycles. The Hall–Kier alpha value is -1.95. The lowest BCUT2D eigenvalue weighted by atomic mass is 10.2. The first-order valence-corrected chi connectivity index (χ1v) is 9.75. The number of benzene rings is 2. The first-order chi connectivity index (χ1) is 12.8. The summed E-state index contributed by atoms with van der Waals surface area (Å²) in [6.07, 6.45) is 2.92. The highest BCUT2D eigenvalue weighted by molar-refractivity contribution is 9.10. The van der Waals surface area contributed by atoms with E-state index < -0.39 is 0 Å². The number of halogens is 1. The Morgan fingerprint density at radius 1 is 1.12 bits per heavy atom. The molecule has 0 spiro atoms. The first kappa shape index (κ1) is 17.5. The molecule has 2 heterocycles. The Labute approximate surface area is 162 Å². The molecule has 0 amide bonds. The number of nitrogens with zero attached hydrogens (tertiary/aromatic N) is 2. The van der Waals surface area contributed by atoms with Crippen LogP contribution in [-0.2, 0) is 13.1 Å². The molecular formula is C21H22BrN3O. The van der Waals surface area contributed by atoms with Crippen LogP contribution in [0.25, 0.3) is 11.5 Å². The van der Waals surface area contributed by atoms with Crippen LogP contribution in [0, 0.1) is 0 Å². The van der Waals surface area contributed by atoms with E-state index in [1.807, 2.05) is 24.3 Å². The molecule has 2 aromatic carbocycles. The molecule has 0 radical (unpaired) electrons. The fraction of sp³-hybridized carbons (Fsp3) is 0.286. The van der Waals surface area contributed by atoms with Crippen molar-refractivity contribution in [3.05, 3.63) is 76.6 Å². The Morgan fingerprint density at radius 2 is 1.92 bits per heavy atom. The summed E-state index contributed by atoms with van der Waals surface area (Å²) in [4.78, 5) is 7.10. The average Bonchev–Trinajstić information content (AvgIpc) is 3.31. The molecule has 0 saturated carbocycles. The van der Waals surface area contributed by atoms with E-state index in [9.17, 15) is 0 Å². The van der Waals surface area contributed by atoms with Crippen molar-refractivity contribution >= 4 is 15.9 Å². The van der Waals surface area contributed by atoms with Crippen LogP contribution in [0.1, 0.15) is 17.7 Å². The molecule has 1 unspecified atom stereocenters. The molecular weight excluding hydrogens is 390 g/mol. The molecule has 4 nitrogen and oxygen atoms in total. The summed E-state index contributed by atoms with van der Waals surface area (Å²) >= 11 is 3.45. The third-order valence-corrected chi connectivity index (χ3v) is 5.26. The zero-order valence-electron chi connectivity index (χ0n) is 14.6. The van der Waals surface area contributed by atoms with Crippen LogP contribution in [0.5, 0.6) is 0 Å². The Balaban J connectivity index is 1.28. The van der Waals surface area contributed by atoms with Gasteiger partial charge in [0, 0.05) is 42.3 Å². The van der Waals surface area contributed by atoms with Gasteiger partial charge >= 0.3 is 0 Å². The molecule has 1 aromatic heterocycles. The molecule has 0 bridgehead atoms. The van der Waals surface area contributed by atoms with Crippen molar-refractivity contribution in [3.8, 4) is 11.5 Å². The highest BCUT2D eigenvalue weighted by Gasteiger charge is 2.22. The highest BCUT2D eigenvalue weighted by atomic mass is 79.9. The van der Waals surface area contributed by atoms with Gasteiger partial charge in [0.1, 0.15) is 6.26 Å². The summed E-state index contributed by atoms with van der Waals surface area (Å²) in [5.41, 5.74) is 3.32. The lowest BCUT2D eigenvalue weighted by Crippen LogP contribution is -2.32. The third-order valence-electron chi connectivity index (χ3n) is 4.74. The van der Waals surface area contributed by atoms with Crippen molar-refractivity contribution in [2.45, 2.75) is 25.6 Å². The molecule has 4 rings (SSSR count). The standard InChI is InChI=1S/C21H22BrN3O/c22-18-8-6-17(7-9-18)21-24-20(15-26-21)12-23-19-10-11-25(14-19)13-16-4-2-1-3-5-16/h1-9,15,19,23H,10-14H2. The van der Waals surface area contributed by atoms with Gasteiger partial charge in [0.05, 0.1) is 5.69 Å². The van der Waals surface area contributed by atoms with Crippen molar-refractivity contribution < 1.29 is 4.42 Å². The molecule has 134 valence electrons. The van der Waals surface area contributed by atoms with Crippen LogP contribution in [0.15, 0.2) is 69.8 Å². The van der Waals surface area contributed by atoms with Gasteiger partial charge in [-0.1, -0.05) is 46.3 Å². The summed E-state index contributed by atoms with van der Waals surface area (Å²) < 4.78 is 6.68. The maximum atomic E-state index is 5.63. The van der Waals surface area contributed by atoms with E-state index >= 15 is 0 Å². The fourth-order valence-electron chi connectivity index (χ4n) is 3.35. The van der Waals surface area contributed by atoms with Crippen molar-refractivity contribution in [2.75, 3.05) is 13.1 Å². The van der Waals surface area contributed by atoms with Gasteiger partial charge in [0.15, 0.2) is 0 Å². The number of oxazole rings is 1. The number of aromatic nitrogens is 1. The number of hydrogen-bond acceptors (Lipinski definition) is 4. The van der Waals surface area contributed by atoms with Crippen LogP contribution < -0.4 is 5.32 Å². The molecule has 5 heteroatoms. The molecule has 26 heavy (non-hydrogen) atoms. The summed E-state index contributed by atoms with van der Waals surface area (Å²) in [7, 11) is 0. The molecule has 1 fully saturated rings. The van der Waals surface area contributed by atoms with Gasteiger partial charge in [-0.2, -0.15) is 0 Å². The minimum absolute atomic E-state index is 0.506. The van der Waals surface area contributed by atoms with Crippen LogP contribution in [0.4, 0.5) is 0 Å². The van der Waals surface area contributed by atoms with E-state index in [1.165, 1.54) is 12.0 Å². The molecule has 1 N–H and O–H groups in total.